The van der Waals surface area contributed by atoms with Crippen molar-refractivity contribution in [3.8, 4) is 17.2 Å². The first kappa shape index (κ1) is 27.8. The van der Waals surface area contributed by atoms with E-state index in [9.17, 15) is 14.4 Å². The summed E-state index contributed by atoms with van der Waals surface area (Å²) in [5, 5.41) is 8.45. The Morgan fingerprint density at radius 1 is 0.971 bits per heavy atom. The second kappa shape index (κ2) is 15.5. The molecule has 0 aromatic heterocycles. The topological polar surface area (TPSA) is 130 Å². The molecule has 192 valence electrons. The third kappa shape index (κ3) is 9.77. The Kier molecular flexibility index (Phi) is 12.3. The first-order valence-corrected chi connectivity index (χ1v) is 11.0. The van der Waals surface area contributed by atoms with Crippen molar-refractivity contribution in [2.24, 2.45) is 0 Å². The highest BCUT2D eigenvalue weighted by Gasteiger charge is 2.19. The Bertz CT molecular complexity index is 887. The van der Waals surface area contributed by atoms with Gasteiger partial charge in [0.2, 0.25) is 5.75 Å². The number of aliphatic carboxylic acids is 1. The van der Waals surface area contributed by atoms with Crippen molar-refractivity contribution >= 4 is 23.9 Å². The molecule has 0 saturated heterocycles. The molecule has 1 aromatic rings. The van der Waals surface area contributed by atoms with Gasteiger partial charge in [-0.15, -0.1) is 0 Å². The number of hydrogen-bond acceptors (Lipinski definition) is 9. The number of carboxylic acid groups (broad SMARTS) is 1. The average molecular weight is 494 g/mol. The summed E-state index contributed by atoms with van der Waals surface area (Å²) in [5.74, 6) is -0.525. The Hall–Kier alpha value is -3.41. The van der Waals surface area contributed by atoms with Crippen LogP contribution in [0.1, 0.15) is 12.0 Å². The lowest BCUT2D eigenvalue weighted by atomic mass is 10.1. The van der Waals surface area contributed by atoms with Crippen LogP contribution in [-0.2, 0) is 28.6 Å². The van der Waals surface area contributed by atoms with Gasteiger partial charge in [-0.05, 0) is 36.3 Å². The van der Waals surface area contributed by atoms with E-state index in [0.717, 1.165) is 0 Å². The van der Waals surface area contributed by atoms with Crippen LogP contribution in [0.15, 0.2) is 30.4 Å². The third-order valence-electron chi connectivity index (χ3n) is 4.66. The van der Waals surface area contributed by atoms with Gasteiger partial charge >= 0.3 is 5.97 Å². The molecule has 0 unspecified atom stereocenters. The predicted octanol–water partition coefficient (Wildman–Crippen LogP) is 1.55. The summed E-state index contributed by atoms with van der Waals surface area (Å²) in [6.45, 7) is 1.67. The van der Waals surface area contributed by atoms with Crippen molar-refractivity contribution in [2.45, 2.75) is 6.42 Å². The van der Waals surface area contributed by atoms with Crippen molar-refractivity contribution in [1.29, 1.82) is 0 Å². The molecule has 1 heterocycles. The van der Waals surface area contributed by atoms with E-state index in [0.29, 0.717) is 55.6 Å². The van der Waals surface area contributed by atoms with Crippen LogP contribution in [0.2, 0.25) is 0 Å². The molecular weight excluding hydrogens is 462 g/mol. The van der Waals surface area contributed by atoms with Crippen LogP contribution < -0.4 is 14.2 Å². The summed E-state index contributed by atoms with van der Waals surface area (Å²) in [6.07, 6.45) is 6.69. The molecule has 11 heteroatoms. The largest absolute Gasteiger partial charge is 0.493 e. The maximum atomic E-state index is 12.3. The molecule has 1 aliphatic rings. The Morgan fingerprint density at radius 2 is 1.57 bits per heavy atom. The summed E-state index contributed by atoms with van der Waals surface area (Å²) < 4.78 is 32.2. The number of methoxy groups -OCH3 is 2. The van der Waals surface area contributed by atoms with Crippen LogP contribution in [-0.4, -0.2) is 94.8 Å². The maximum Gasteiger partial charge on any atom is 0.329 e. The molecule has 1 aromatic carbocycles. The third-order valence-corrected chi connectivity index (χ3v) is 4.66. The normalized spacial score (nSPS) is 13.3. The van der Waals surface area contributed by atoms with Crippen molar-refractivity contribution in [1.82, 2.24) is 4.90 Å². The highest BCUT2D eigenvalue weighted by Crippen LogP contribution is 2.39. The SMILES string of the molecule is COc1cc(/C=C/C(=O)N2CCC=CC2=O)cc(OC)c1OCCOCCOCCOCC(=O)O. The zero-order chi connectivity index (χ0) is 25.5. The van der Waals surface area contributed by atoms with Gasteiger partial charge in [-0.3, -0.25) is 14.5 Å². The van der Waals surface area contributed by atoms with Crippen LogP contribution in [0.4, 0.5) is 0 Å². The molecule has 0 atom stereocenters. The van der Waals surface area contributed by atoms with Crippen molar-refractivity contribution in [3.63, 3.8) is 0 Å². The van der Waals surface area contributed by atoms with Gasteiger partial charge in [-0.2, -0.15) is 0 Å². The van der Waals surface area contributed by atoms with Gasteiger partial charge in [-0.1, -0.05) is 6.08 Å². The molecule has 0 radical (unpaired) electrons. The quantitative estimate of drug-likeness (QED) is 0.267. The van der Waals surface area contributed by atoms with E-state index in [2.05, 4.69) is 0 Å². The lowest BCUT2D eigenvalue weighted by molar-refractivity contribution is -0.143. The van der Waals surface area contributed by atoms with Crippen molar-refractivity contribution in [2.75, 3.05) is 67.0 Å². The molecule has 0 fully saturated rings. The fraction of sp³-hybridized carbons (Fsp3) is 0.458. The van der Waals surface area contributed by atoms with E-state index in [1.54, 1.807) is 24.3 Å². The van der Waals surface area contributed by atoms with E-state index in [4.69, 9.17) is 33.5 Å². The number of benzene rings is 1. The number of hydrogen-bond donors (Lipinski definition) is 1. The summed E-state index contributed by atoms with van der Waals surface area (Å²) in [6, 6.07) is 3.39. The minimum Gasteiger partial charge on any atom is -0.493 e. The van der Waals surface area contributed by atoms with Crippen LogP contribution in [0, 0.1) is 0 Å². The molecule has 2 amide bonds. The fourth-order valence-corrected chi connectivity index (χ4v) is 3.00. The number of imide groups is 1. The zero-order valence-electron chi connectivity index (χ0n) is 19.9. The maximum absolute atomic E-state index is 12.3. The smallest absolute Gasteiger partial charge is 0.329 e. The van der Waals surface area contributed by atoms with Crippen molar-refractivity contribution in [3.05, 3.63) is 35.9 Å². The van der Waals surface area contributed by atoms with Crippen LogP contribution >= 0.6 is 0 Å². The number of amides is 2. The molecule has 35 heavy (non-hydrogen) atoms. The average Bonchev–Trinajstić information content (AvgIpc) is 2.85. The summed E-state index contributed by atoms with van der Waals surface area (Å²) in [5.41, 5.74) is 0.639. The number of ether oxygens (including phenoxy) is 6. The monoisotopic (exact) mass is 493 g/mol. The van der Waals surface area contributed by atoms with Gasteiger partial charge in [0, 0.05) is 12.6 Å². The number of carbonyl (C=O) groups excluding carboxylic acids is 2. The Labute approximate surface area is 203 Å². The molecule has 0 spiro atoms. The predicted molar refractivity (Wildman–Crippen MR) is 125 cm³/mol. The minimum atomic E-state index is -1.02. The Morgan fingerprint density at radius 3 is 2.14 bits per heavy atom. The number of carbonyl (C=O) groups is 3. The van der Waals surface area contributed by atoms with Crippen LogP contribution in [0.5, 0.6) is 17.2 Å². The van der Waals surface area contributed by atoms with Gasteiger partial charge in [-0.25, -0.2) is 4.79 Å². The van der Waals surface area contributed by atoms with Gasteiger partial charge in [0.1, 0.15) is 13.2 Å². The first-order valence-electron chi connectivity index (χ1n) is 11.0. The van der Waals surface area contributed by atoms with Crippen molar-refractivity contribution < 1.29 is 47.9 Å². The molecular formula is C24H31NO10. The van der Waals surface area contributed by atoms with Crippen LogP contribution in [0.3, 0.4) is 0 Å². The molecule has 0 bridgehead atoms. The summed E-state index contributed by atoms with van der Waals surface area (Å²) in [7, 11) is 2.99. The number of nitrogens with zero attached hydrogens (tertiary/aromatic N) is 1. The van der Waals surface area contributed by atoms with Crippen LogP contribution in [0.25, 0.3) is 6.08 Å². The van der Waals surface area contributed by atoms with E-state index in [1.807, 2.05) is 0 Å². The minimum absolute atomic E-state index is 0.196. The fourth-order valence-electron chi connectivity index (χ4n) is 3.00. The van der Waals surface area contributed by atoms with E-state index < -0.39 is 11.9 Å². The highest BCUT2D eigenvalue weighted by molar-refractivity contribution is 6.06. The zero-order valence-corrected chi connectivity index (χ0v) is 19.9. The second-order valence-corrected chi connectivity index (χ2v) is 7.13. The molecule has 2 rings (SSSR count). The highest BCUT2D eigenvalue weighted by atomic mass is 16.6. The van der Waals surface area contributed by atoms with Gasteiger partial charge in [0.15, 0.2) is 11.5 Å². The molecule has 1 N–H and O–H groups in total. The van der Waals surface area contributed by atoms with Gasteiger partial charge in [0.25, 0.3) is 11.8 Å². The van der Waals surface area contributed by atoms with E-state index in [-0.39, 0.29) is 32.3 Å². The lowest BCUT2D eigenvalue weighted by Gasteiger charge is -2.19. The second-order valence-electron chi connectivity index (χ2n) is 7.13. The number of carboxylic acids is 1. The number of rotatable bonds is 16. The molecule has 11 nitrogen and oxygen atoms in total. The lowest BCUT2D eigenvalue weighted by Crippen LogP contribution is -2.37. The molecule has 0 aliphatic carbocycles. The molecule has 0 saturated carbocycles. The Balaban J connectivity index is 1.80. The van der Waals surface area contributed by atoms with E-state index in [1.165, 1.54) is 31.3 Å². The van der Waals surface area contributed by atoms with E-state index >= 15 is 0 Å². The molecule has 1 aliphatic heterocycles. The standard InChI is InChI=1S/C24H31NO10/c1-30-19-15-18(6-7-22(27)25-8-4-3-5-21(25)26)16-20(31-2)24(19)35-14-13-33-10-9-32-11-12-34-17-23(28)29/h3,5-7,15-16H,4,8-14,17H2,1-2H3,(H,28,29)/b7-6+. The van der Waals surface area contributed by atoms with Gasteiger partial charge in [0.05, 0.1) is 47.3 Å². The summed E-state index contributed by atoms with van der Waals surface area (Å²) >= 11 is 0. The first-order chi connectivity index (χ1) is 17.0. The van der Waals surface area contributed by atoms with Gasteiger partial charge < -0.3 is 33.5 Å². The summed E-state index contributed by atoms with van der Waals surface area (Å²) in [4.78, 5) is 35.7.